The van der Waals surface area contributed by atoms with Crippen molar-refractivity contribution in [3.05, 3.63) is 41.8 Å². The summed E-state index contributed by atoms with van der Waals surface area (Å²) in [7, 11) is 0. The summed E-state index contributed by atoms with van der Waals surface area (Å²) in [6, 6.07) is 8.88. The van der Waals surface area contributed by atoms with Crippen LogP contribution < -0.4 is 5.73 Å². The molecule has 0 spiro atoms. The molecule has 0 amide bonds. The lowest BCUT2D eigenvalue weighted by Crippen LogP contribution is -2.23. The second-order valence-corrected chi connectivity index (χ2v) is 4.65. The van der Waals surface area contributed by atoms with Crippen molar-refractivity contribution in [2.75, 3.05) is 0 Å². The van der Waals surface area contributed by atoms with Gasteiger partial charge in [-0.05, 0) is 37.7 Å². The second-order valence-electron chi connectivity index (χ2n) is 4.65. The van der Waals surface area contributed by atoms with Crippen LogP contribution in [-0.4, -0.2) is 0 Å². The molecular weight excluding hydrogens is 182 g/mol. The molecule has 1 fully saturated rings. The molecule has 2 atom stereocenters. The monoisotopic (exact) mass is 202 g/mol. The molecule has 1 aliphatic rings. The minimum atomic E-state index is 0.224. The fraction of sp³-hybridized carbons (Fsp3) is 0.500. The summed E-state index contributed by atoms with van der Waals surface area (Å²) in [5, 5.41) is 0. The van der Waals surface area contributed by atoms with Crippen LogP contribution in [0.15, 0.2) is 24.3 Å². The molecule has 0 bridgehead atoms. The predicted molar refractivity (Wildman–Crippen MR) is 64.4 cm³/mol. The third kappa shape index (κ3) is 2.60. The standard InChI is InChI=1S/C14H20N/c1-11-7-9-13(10-8-11)14(15)12-5-3-2-4-6-12/h3,7-10,12,14H,2,4-6,15H2,1H3. The number of aryl methyl sites for hydroxylation is 1. The molecule has 1 saturated carbocycles. The van der Waals surface area contributed by atoms with Crippen LogP contribution in [0.5, 0.6) is 0 Å². The normalized spacial score (nSPS) is 20.1. The highest BCUT2D eigenvalue weighted by Crippen LogP contribution is 2.32. The van der Waals surface area contributed by atoms with Crippen LogP contribution in [-0.2, 0) is 0 Å². The predicted octanol–water partition coefficient (Wildman–Crippen LogP) is 3.39. The summed E-state index contributed by atoms with van der Waals surface area (Å²) in [6.07, 6.45) is 7.45. The van der Waals surface area contributed by atoms with Crippen molar-refractivity contribution >= 4 is 0 Å². The van der Waals surface area contributed by atoms with Gasteiger partial charge in [0.05, 0.1) is 0 Å². The van der Waals surface area contributed by atoms with Crippen molar-refractivity contribution in [3.63, 3.8) is 0 Å². The summed E-state index contributed by atoms with van der Waals surface area (Å²) >= 11 is 0. The van der Waals surface area contributed by atoms with Gasteiger partial charge in [-0.2, -0.15) is 0 Å². The highest BCUT2D eigenvalue weighted by Gasteiger charge is 2.21. The van der Waals surface area contributed by atoms with Crippen LogP contribution in [0, 0.1) is 19.3 Å². The minimum absolute atomic E-state index is 0.224. The molecule has 81 valence electrons. The maximum absolute atomic E-state index is 6.30. The van der Waals surface area contributed by atoms with E-state index in [9.17, 15) is 0 Å². The lowest BCUT2D eigenvalue weighted by atomic mass is 9.81. The maximum atomic E-state index is 6.30. The first-order valence-electron chi connectivity index (χ1n) is 5.91. The summed E-state index contributed by atoms with van der Waals surface area (Å²) in [5.41, 5.74) is 8.90. The Bertz CT molecular complexity index is 296. The SMILES string of the molecule is Cc1ccc(C(N)C2C[CH]CCC2)cc1. The van der Waals surface area contributed by atoms with Gasteiger partial charge in [-0.1, -0.05) is 42.7 Å². The molecule has 2 rings (SSSR count). The van der Waals surface area contributed by atoms with Crippen LogP contribution in [0.2, 0.25) is 0 Å². The quantitative estimate of drug-likeness (QED) is 0.781. The van der Waals surface area contributed by atoms with Crippen molar-refractivity contribution in [2.24, 2.45) is 11.7 Å². The number of hydrogen-bond donors (Lipinski definition) is 1. The highest BCUT2D eigenvalue weighted by atomic mass is 14.7. The molecule has 15 heavy (non-hydrogen) atoms. The Morgan fingerprint density at radius 2 is 2.00 bits per heavy atom. The van der Waals surface area contributed by atoms with E-state index in [1.807, 2.05) is 0 Å². The zero-order chi connectivity index (χ0) is 10.7. The van der Waals surface area contributed by atoms with Crippen LogP contribution in [0.3, 0.4) is 0 Å². The van der Waals surface area contributed by atoms with Crippen molar-refractivity contribution in [2.45, 2.75) is 38.6 Å². The molecule has 0 heterocycles. The topological polar surface area (TPSA) is 26.0 Å². The summed E-state index contributed by atoms with van der Waals surface area (Å²) in [4.78, 5) is 0. The van der Waals surface area contributed by atoms with Crippen LogP contribution in [0.4, 0.5) is 0 Å². The zero-order valence-corrected chi connectivity index (χ0v) is 9.45. The van der Waals surface area contributed by atoms with E-state index in [0.717, 1.165) is 0 Å². The summed E-state index contributed by atoms with van der Waals surface area (Å²) in [6.45, 7) is 2.11. The Hall–Kier alpha value is -0.820. The van der Waals surface area contributed by atoms with E-state index in [2.05, 4.69) is 37.6 Å². The molecule has 2 unspecified atom stereocenters. The van der Waals surface area contributed by atoms with Gasteiger partial charge in [-0.25, -0.2) is 0 Å². The second kappa shape index (κ2) is 4.80. The van der Waals surface area contributed by atoms with Gasteiger partial charge in [-0.15, -0.1) is 0 Å². The van der Waals surface area contributed by atoms with Gasteiger partial charge in [0.25, 0.3) is 0 Å². The minimum Gasteiger partial charge on any atom is -0.324 e. The molecule has 1 heteroatoms. The number of nitrogens with two attached hydrogens (primary N) is 1. The van der Waals surface area contributed by atoms with Gasteiger partial charge in [0, 0.05) is 6.04 Å². The average molecular weight is 202 g/mol. The Kier molecular flexibility index (Phi) is 3.42. The van der Waals surface area contributed by atoms with E-state index < -0.39 is 0 Å². The molecule has 1 nitrogen and oxygen atoms in total. The Morgan fingerprint density at radius 3 is 2.60 bits per heavy atom. The largest absolute Gasteiger partial charge is 0.324 e. The third-order valence-corrected chi connectivity index (χ3v) is 3.42. The van der Waals surface area contributed by atoms with Gasteiger partial charge in [0.15, 0.2) is 0 Å². The Morgan fingerprint density at radius 1 is 1.27 bits per heavy atom. The van der Waals surface area contributed by atoms with E-state index in [1.165, 1.54) is 36.8 Å². The van der Waals surface area contributed by atoms with E-state index in [0.29, 0.717) is 5.92 Å². The molecule has 0 aromatic heterocycles. The molecule has 1 aromatic rings. The summed E-state index contributed by atoms with van der Waals surface area (Å²) in [5.74, 6) is 0.654. The highest BCUT2D eigenvalue weighted by molar-refractivity contribution is 5.24. The Balaban J connectivity index is 2.05. The lowest BCUT2D eigenvalue weighted by molar-refractivity contribution is 0.351. The fourth-order valence-electron chi connectivity index (χ4n) is 2.36. The third-order valence-electron chi connectivity index (χ3n) is 3.42. The molecule has 2 N–H and O–H groups in total. The summed E-state index contributed by atoms with van der Waals surface area (Å²) < 4.78 is 0. The van der Waals surface area contributed by atoms with Crippen molar-refractivity contribution < 1.29 is 0 Å². The van der Waals surface area contributed by atoms with Gasteiger partial charge in [0.2, 0.25) is 0 Å². The first kappa shape index (κ1) is 10.7. The lowest BCUT2D eigenvalue weighted by Gasteiger charge is -2.27. The number of rotatable bonds is 2. The zero-order valence-electron chi connectivity index (χ0n) is 9.45. The van der Waals surface area contributed by atoms with Gasteiger partial charge < -0.3 is 5.73 Å². The molecule has 0 saturated heterocycles. The average Bonchev–Trinajstić information content (AvgIpc) is 2.30. The molecule has 1 aliphatic carbocycles. The Labute approximate surface area is 92.7 Å². The first-order chi connectivity index (χ1) is 7.27. The van der Waals surface area contributed by atoms with Crippen LogP contribution >= 0.6 is 0 Å². The van der Waals surface area contributed by atoms with Crippen LogP contribution in [0.1, 0.15) is 42.9 Å². The van der Waals surface area contributed by atoms with E-state index in [-0.39, 0.29) is 6.04 Å². The molecule has 1 radical (unpaired) electrons. The van der Waals surface area contributed by atoms with E-state index >= 15 is 0 Å². The van der Waals surface area contributed by atoms with E-state index in [4.69, 9.17) is 5.73 Å². The van der Waals surface area contributed by atoms with Crippen molar-refractivity contribution in [1.82, 2.24) is 0 Å². The molecule has 0 aliphatic heterocycles. The smallest absolute Gasteiger partial charge is 0.0323 e. The van der Waals surface area contributed by atoms with Crippen LogP contribution in [0.25, 0.3) is 0 Å². The van der Waals surface area contributed by atoms with Gasteiger partial charge in [0.1, 0.15) is 0 Å². The first-order valence-corrected chi connectivity index (χ1v) is 5.91. The van der Waals surface area contributed by atoms with Gasteiger partial charge >= 0.3 is 0 Å². The maximum Gasteiger partial charge on any atom is 0.0323 e. The number of benzene rings is 1. The van der Waals surface area contributed by atoms with Crippen molar-refractivity contribution in [1.29, 1.82) is 0 Å². The molecular formula is C14H20N. The van der Waals surface area contributed by atoms with E-state index in [1.54, 1.807) is 0 Å². The molecule has 1 aromatic carbocycles. The fourth-order valence-corrected chi connectivity index (χ4v) is 2.36. The van der Waals surface area contributed by atoms with Gasteiger partial charge in [-0.3, -0.25) is 0 Å². The van der Waals surface area contributed by atoms with Crippen molar-refractivity contribution in [3.8, 4) is 0 Å². The number of hydrogen-bond acceptors (Lipinski definition) is 1.